The van der Waals surface area contributed by atoms with Crippen LogP contribution in [0.1, 0.15) is 33.7 Å². The molecule has 0 N–H and O–H groups in total. The fraction of sp³-hybridized carbons (Fsp3) is 0.261. The highest BCUT2D eigenvalue weighted by atomic mass is 35.5. The molecule has 0 radical (unpaired) electrons. The van der Waals surface area contributed by atoms with Gasteiger partial charge >= 0.3 is 0 Å². The molecule has 2 aromatic carbocycles. The van der Waals surface area contributed by atoms with Gasteiger partial charge in [-0.1, -0.05) is 23.7 Å². The lowest BCUT2D eigenvalue weighted by Gasteiger charge is -2.31. The zero-order valence-electron chi connectivity index (χ0n) is 16.5. The van der Waals surface area contributed by atoms with Gasteiger partial charge in [0, 0.05) is 40.5 Å². The molecule has 1 aromatic heterocycles. The van der Waals surface area contributed by atoms with Crippen molar-refractivity contribution < 1.29 is 14.3 Å². The van der Waals surface area contributed by atoms with Crippen LogP contribution in [0.2, 0.25) is 5.02 Å². The first-order valence-electron chi connectivity index (χ1n) is 9.74. The monoisotopic (exact) mass is 440 g/mol. The van der Waals surface area contributed by atoms with E-state index in [1.165, 1.54) is 11.3 Å². The molecule has 0 unspecified atom stereocenters. The van der Waals surface area contributed by atoms with Gasteiger partial charge in [-0.3, -0.25) is 9.59 Å². The Morgan fingerprint density at radius 2 is 1.87 bits per heavy atom. The summed E-state index contributed by atoms with van der Waals surface area (Å²) in [6.07, 6.45) is 1.31. The average molecular weight is 441 g/mol. The SMILES string of the molecule is COc1ccc(C(=O)C2CCN(C(=O)c3csc(-c4cccc(Cl)c4)n3)CC2)cc1. The predicted molar refractivity (Wildman–Crippen MR) is 119 cm³/mol. The molecule has 0 aliphatic carbocycles. The Bertz CT molecular complexity index is 1060. The van der Waals surface area contributed by atoms with E-state index >= 15 is 0 Å². The van der Waals surface area contributed by atoms with Gasteiger partial charge in [0.2, 0.25) is 0 Å². The summed E-state index contributed by atoms with van der Waals surface area (Å²) in [4.78, 5) is 31.9. The lowest BCUT2D eigenvalue weighted by molar-refractivity contribution is 0.0646. The van der Waals surface area contributed by atoms with Crippen LogP contribution in [0.25, 0.3) is 10.6 Å². The number of benzene rings is 2. The Hall–Kier alpha value is -2.70. The number of piperidine rings is 1. The molecule has 1 aliphatic heterocycles. The zero-order chi connectivity index (χ0) is 21.1. The number of ether oxygens (including phenoxy) is 1. The number of rotatable bonds is 5. The van der Waals surface area contributed by atoms with Crippen LogP contribution in [0.4, 0.5) is 0 Å². The van der Waals surface area contributed by atoms with Gasteiger partial charge in [-0.2, -0.15) is 0 Å². The third-order valence-electron chi connectivity index (χ3n) is 5.32. The van der Waals surface area contributed by atoms with Gasteiger partial charge in [0.1, 0.15) is 16.5 Å². The second-order valence-corrected chi connectivity index (χ2v) is 8.50. The fourth-order valence-corrected chi connectivity index (χ4v) is 4.60. The first-order valence-corrected chi connectivity index (χ1v) is 11.0. The molecular weight excluding hydrogens is 420 g/mol. The van der Waals surface area contributed by atoms with E-state index in [1.54, 1.807) is 41.7 Å². The van der Waals surface area contributed by atoms with E-state index in [-0.39, 0.29) is 17.6 Å². The molecular formula is C23H21ClN2O3S. The number of carbonyl (C=O) groups is 2. The molecule has 0 saturated carbocycles. The van der Waals surface area contributed by atoms with Crippen LogP contribution in [0.15, 0.2) is 53.9 Å². The van der Waals surface area contributed by atoms with Crippen LogP contribution in [-0.2, 0) is 0 Å². The Labute approximate surface area is 184 Å². The summed E-state index contributed by atoms with van der Waals surface area (Å²) < 4.78 is 5.15. The highest BCUT2D eigenvalue weighted by Gasteiger charge is 2.29. The van der Waals surface area contributed by atoms with Crippen molar-refractivity contribution in [1.29, 1.82) is 0 Å². The van der Waals surface area contributed by atoms with Gasteiger partial charge in [0.15, 0.2) is 5.78 Å². The molecule has 0 spiro atoms. The predicted octanol–water partition coefficient (Wildman–Crippen LogP) is 5.21. The molecule has 4 rings (SSSR count). The van der Waals surface area contributed by atoms with Crippen LogP contribution in [0.5, 0.6) is 5.75 Å². The number of methoxy groups -OCH3 is 1. The first-order chi connectivity index (χ1) is 14.5. The molecule has 1 fully saturated rings. The number of thiazole rings is 1. The van der Waals surface area contributed by atoms with Crippen LogP contribution >= 0.6 is 22.9 Å². The van der Waals surface area contributed by atoms with E-state index in [4.69, 9.17) is 16.3 Å². The Kier molecular flexibility index (Phi) is 6.16. The zero-order valence-corrected chi connectivity index (χ0v) is 18.1. The van der Waals surface area contributed by atoms with E-state index in [9.17, 15) is 9.59 Å². The van der Waals surface area contributed by atoms with Gasteiger partial charge in [-0.25, -0.2) is 4.98 Å². The fourth-order valence-electron chi connectivity index (χ4n) is 3.62. The molecule has 154 valence electrons. The van der Waals surface area contributed by atoms with Gasteiger partial charge in [-0.15, -0.1) is 11.3 Å². The van der Waals surface area contributed by atoms with E-state index in [0.29, 0.717) is 42.2 Å². The Morgan fingerprint density at radius 1 is 1.13 bits per heavy atom. The number of hydrogen-bond donors (Lipinski definition) is 0. The number of amides is 1. The van der Waals surface area contributed by atoms with Crippen molar-refractivity contribution in [3.05, 3.63) is 70.2 Å². The second-order valence-electron chi connectivity index (χ2n) is 7.21. The van der Waals surface area contributed by atoms with E-state index in [0.717, 1.165) is 16.3 Å². The van der Waals surface area contributed by atoms with Crippen molar-refractivity contribution >= 4 is 34.6 Å². The standard InChI is InChI=1S/C23H21ClN2O3S/c1-29-19-7-5-15(6-8-19)21(27)16-9-11-26(12-10-16)23(28)20-14-30-22(25-20)17-3-2-4-18(24)13-17/h2-8,13-14,16H,9-12H2,1H3. The number of nitrogens with zero attached hydrogens (tertiary/aromatic N) is 2. The maximum absolute atomic E-state index is 12.9. The third-order valence-corrected chi connectivity index (χ3v) is 6.45. The molecule has 5 nitrogen and oxygen atoms in total. The van der Waals surface area contributed by atoms with Crippen molar-refractivity contribution in [3.63, 3.8) is 0 Å². The minimum Gasteiger partial charge on any atom is -0.497 e. The summed E-state index contributed by atoms with van der Waals surface area (Å²) in [5, 5.41) is 3.19. The summed E-state index contributed by atoms with van der Waals surface area (Å²) in [6.45, 7) is 1.10. The van der Waals surface area contributed by atoms with Gasteiger partial charge in [0.25, 0.3) is 5.91 Å². The number of Topliss-reactive ketones (excluding diaryl/α,β-unsaturated/α-hetero) is 1. The van der Waals surface area contributed by atoms with Crippen molar-refractivity contribution in [2.45, 2.75) is 12.8 Å². The molecule has 3 aromatic rings. The first kappa shape index (κ1) is 20.6. The lowest BCUT2D eigenvalue weighted by Crippen LogP contribution is -2.40. The molecule has 1 saturated heterocycles. The average Bonchev–Trinajstić information content (AvgIpc) is 3.29. The summed E-state index contributed by atoms with van der Waals surface area (Å²) in [6, 6.07) is 14.6. The minimum atomic E-state index is -0.0881. The van der Waals surface area contributed by atoms with Gasteiger partial charge in [-0.05, 0) is 49.2 Å². The highest BCUT2D eigenvalue weighted by molar-refractivity contribution is 7.13. The van der Waals surface area contributed by atoms with Crippen LogP contribution < -0.4 is 4.74 Å². The molecule has 1 aliphatic rings. The Morgan fingerprint density at radius 3 is 2.53 bits per heavy atom. The lowest BCUT2D eigenvalue weighted by atomic mass is 9.89. The summed E-state index contributed by atoms with van der Waals surface area (Å²) >= 11 is 7.48. The summed E-state index contributed by atoms with van der Waals surface area (Å²) in [5.74, 6) is 0.698. The Balaban J connectivity index is 1.38. The topological polar surface area (TPSA) is 59.5 Å². The molecule has 2 heterocycles. The number of halogens is 1. The van der Waals surface area contributed by atoms with Crippen molar-refractivity contribution in [2.24, 2.45) is 5.92 Å². The van der Waals surface area contributed by atoms with Gasteiger partial charge in [0.05, 0.1) is 7.11 Å². The van der Waals surface area contributed by atoms with Crippen molar-refractivity contribution in [3.8, 4) is 16.3 Å². The normalized spacial score (nSPS) is 14.5. The maximum atomic E-state index is 12.9. The second kappa shape index (κ2) is 8.98. The number of ketones is 1. The molecule has 30 heavy (non-hydrogen) atoms. The van der Waals surface area contributed by atoms with Gasteiger partial charge < -0.3 is 9.64 Å². The van der Waals surface area contributed by atoms with Crippen molar-refractivity contribution in [1.82, 2.24) is 9.88 Å². The highest BCUT2D eigenvalue weighted by Crippen LogP contribution is 2.28. The van der Waals surface area contributed by atoms with Crippen LogP contribution in [0.3, 0.4) is 0 Å². The number of hydrogen-bond acceptors (Lipinski definition) is 5. The largest absolute Gasteiger partial charge is 0.497 e. The molecule has 1 amide bonds. The number of aromatic nitrogens is 1. The molecule has 7 heteroatoms. The third kappa shape index (κ3) is 4.40. The number of likely N-dealkylation sites (tertiary alicyclic amines) is 1. The quantitative estimate of drug-likeness (QED) is 0.511. The molecule has 0 atom stereocenters. The van der Waals surface area contributed by atoms with E-state index in [2.05, 4.69) is 4.98 Å². The van der Waals surface area contributed by atoms with Crippen LogP contribution in [-0.4, -0.2) is 41.8 Å². The van der Waals surface area contributed by atoms with E-state index in [1.807, 2.05) is 24.3 Å². The molecule has 0 bridgehead atoms. The minimum absolute atomic E-state index is 0.0695. The summed E-state index contributed by atoms with van der Waals surface area (Å²) in [5.41, 5.74) is 2.02. The summed E-state index contributed by atoms with van der Waals surface area (Å²) in [7, 11) is 1.60. The van der Waals surface area contributed by atoms with E-state index < -0.39 is 0 Å². The van der Waals surface area contributed by atoms with Crippen molar-refractivity contribution in [2.75, 3.05) is 20.2 Å². The smallest absolute Gasteiger partial charge is 0.273 e. The number of carbonyl (C=O) groups excluding carboxylic acids is 2. The maximum Gasteiger partial charge on any atom is 0.273 e. The van der Waals surface area contributed by atoms with Crippen LogP contribution in [0, 0.1) is 5.92 Å².